The van der Waals surface area contributed by atoms with Crippen LogP contribution in [0.25, 0.3) is 0 Å². The van der Waals surface area contributed by atoms with Crippen molar-refractivity contribution in [1.82, 2.24) is 10.3 Å². The molecule has 1 aromatic heterocycles. The van der Waals surface area contributed by atoms with Gasteiger partial charge in [-0.1, -0.05) is 29.8 Å². The van der Waals surface area contributed by atoms with E-state index in [2.05, 4.69) is 15.6 Å². The fraction of sp³-hybridized carbons (Fsp3) is 0.238. The summed E-state index contributed by atoms with van der Waals surface area (Å²) in [5, 5.41) is 7.67. The van der Waals surface area contributed by atoms with Crippen LogP contribution in [0.3, 0.4) is 0 Å². The summed E-state index contributed by atoms with van der Waals surface area (Å²) in [6.07, 6.45) is 1.74. The van der Waals surface area contributed by atoms with E-state index in [1.165, 1.54) is 28.0 Å². The van der Waals surface area contributed by atoms with Crippen molar-refractivity contribution in [2.75, 3.05) is 11.9 Å². The molecule has 0 saturated carbocycles. The first-order chi connectivity index (χ1) is 13.1. The van der Waals surface area contributed by atoms with Gasteiger partial charge in [0.25, 0.3) is 5.91 Å². The summed E-state index contributed by atoms with van der Waals surface area (Å²) in [5.74, 6) is -0.108. The van der Waals surface area contributed by atoms with Crippen LogP contribution in [0.5, 0.6) is 0 Å². The highest BCUT2D eigenvalue weighted by molar-refractivity contribution is 7.15. The van der Waals surface area contributed by atoms with Crippen molar-refractivity contribution < 1.29 is 4.79 Å². The Morgan fingerprint density at radius 2 is 2.04 bits per heavy atom. The highest BCUT2D eigenvalue weighted by Gasteiger charge is 2.15. The summed E-state index contributed by atoms with van der Waals surface area (Å²) in [5.41, 5.74) is 5.32. The van der Waals surface area contributed by atoms with Gasteiger partial charge in [-0.3, -0.25) is 10.1 Å². The number of fused-ring (bicyclic) bond motifs is 1. The van der Waals surface area contributed by atoms with Crippen LogP contribution in [0.2, 0.25) is 5.02 Å². The number of aromatic nitrogens is 1. The Labute approximate surface area is 167 Å². The molecular weight excluding hydrogens is 378 g/mol. The zero-order valence-corrected chi connectivity index (χ0v) is 16.6. The maximum atomic E-state index is 12.6. The van der Waals surface area contributed by atoms with E-state index in [9.17, 15) is 4.79 Å². The summed E-state index contributed by atoms with van der Waals surface area (Å²) >= 11 is 7.47. The van der Waals surface area contributed by atoms with Gasteiger partial charge in [0.2, 0.25) is 0 Å². The van der Waals surface area contributed by atoms with E-state index in [1.807, 2.05) is 49.4 Å². The smallest absolute Gasteiger partial charge is 0.257 e. The number of hydrogen-bond donors (Lipinski definition) is 2. The average Bonchev–Trinajstić information content (AvgIpc) is 3.02. The molecular formula is C21H20ClN3OS. The Balaban J connectivity index is 1.48. The first kappa shape index (κ1) is 18.2. The maximum Gasteiger partial charge on any atom is 0.257 e. The number of carbonyl (C=O) groups excluding carboxylic acids is 1. The molecule has 3 aromatic rings. The fourth-order valence-electron chi connectivity index (χ4n) is 3.22. The second-order valence-corrected chi connectivity index (χ2v) is 8.22. The van der Waals surface area contributed by atoms with Gasteiger partial charge in [0.05, 0.1) is 5.69 Å². The number of hydrogen-bond acceptors (Lipinski definition) is 4. The second-order valence-electron chi connectivity index (χ2n) is 6.70. The molecule has 27 heavy (non-hydrogen) atoms. The number of thiazole rings is 1. The average molecular weight is 398 g/mol. The predicted octanol–water partition coefficient (Wildman–Crippen LogP) is 4.59. The Morgan fingerprint density at radius 1 is 1.22 bits per heavy atom. The van der Waals surface area contributed by atoms with E-state index in [0.717, 1.165) is 41.5 Å². The van der Waals surface area contributed by atoms with Crippen LogP contribution >= 0.6 is 22.9 Å². The Kier molecular flexibility index (Phi) is 5.25. The van der Waals surface area contributed by atoms with E-state index in [4.69, 9.17) is 11.6 Å². The molecule has 4 rings (SSSR count). The molecule has 2 aromatic carbocycles. The highest BCUT2D eigenvalue weighted by atomic mass is 35.5. The largest absolute Gasteiger partial charge is 0.312 e. The Bertz CT molecular complexity index is 982. The van der Waals surface area contributed by atoms with Gasteiger partial charge in [0, 0.05) is 28.4 Å². The van der Waals surface area contributed by atoms with Crippen molar-refractivity contribution in [3.05, 3.63) is 80.3 Å². The van der Waals surface area contributed by atoms with E-state index >= 15 is 0 Å². The molecule has 2 heterocycles. The SMILES string of the molecule is Cc1nc(NC(=O)c2ccc3c(c2)CCNC3)sc1Cc1ccc(Cl)cc1. The molecule has 0 saturated heterocycles. The predicted molar refractivity (Wildman–Crippen MR) is 111 cm³/mol. The third-order valence-corrected chi connectivity index (χ3v) is 6.07. The molecule has 1 aliphatic heterocycles. The number of aryl methyl sites for hydroxylation is 1. The van der Waals surface area contributed by atoms with Gasteiger partial charge >= 0.3 is 0 Å². The van der Waals surface area contributed by atoms with Crippen molar-refractivity contribution in [3.8, 4) is 0 Å². The topological polar surface area (TPSA) is 54.0 Å². The van der Waals surface area contributed by atoms with Crippen molar-refractivity contribution in [2.45, 2.75) is 26.3 Å². The van der Waals surface area contributed by atoms with Gasteiger partial charge in [0.15, 0.2) is 5.13 Å². The standard InChI is InChI=1S/C21H20ClN3OS/c1-13-19(10-14-2-6-18(22)7-3-14)27-21(24-13)25-20(26)16-4-5-17-12-23-9-8-15(17)11-16/h2-7,11,23H,8-10,12H2,1H3,(H,24,25,26). The van der Waals surface area contributed by atoms with Gasteiger partial charge in [-0.05, 0) is 60.8 Å². The number of amides is 1. The Morgan fingerprint density at radius 3 is 2.85 bits per heavy atom. The summed E-state index contributed by atoms with van der Waals surface area (Å²) in [4.78, 5) is 18.3. The summed E-state index contributed by atoms with van der Waals surface area (Å²) < 4.78 is 0. The van der Waals surface area contributed by atoms with Gasteiger partial charge in [-0.2, -0.15) is 0 Å². The van der Waals surface area contributed by atoms with Crippen molar-refractivity contribution in [1.29, 1.82) is 0 Å². The molecule has 2 N–H and O–H groups in total. The van der Waals surface area contributed by atoms with Crippen LogP contribution < -0.4 is 10.6 Å². The quantitative estimate of drug-likeness (QED) is 0.676. The van der Waals surface area contributed by atoms with Gasteiger partial charge in [-0.15, -0.1) is 11.3 Å². The monoisotopic (exact) mass is 397 g/mol. The zero-order valence-electron chi connectivity index (χ0n) is 15.0. The number of halogens is 1. The number of benzene rings is 2. The second kappa shape index (κ2) is 7.80. The summed E-state index contributed by atoms with van der Waals surface area (Å²) in [6.45, 7) is 3.80. The lowest BCUT2D eigenvalue weighted by atomic mass is 9.98. The number of nitrogens with one attached hydrogen (secondary N) is 2. The molecule has 0 radical (unpaired) electrons. The van der Waals surface area contributed by atoms with Crippen LogP contribution in [0.4, 0.5) is 5.13 Å². The van der Waals surface area contributed by atoms with Crippen LogP contribution in [0.1, 0.15) is 37.6 Å². The normalized spacial score (nSPS) is 13.3. The molecule has 4 nitrogen and oxygen atoms in total. The minimum Gasteiger partial charge on any atom is -0.312 e. The number of anilines is 1. The van der Waals surface area contributed by atoms with Gasteiger partial charge in [-0.25, -0.2) is 4.98 Å². The van der Waals surface area contributed by atoms with E-state index in [-0.39, 0.29) is 5.91 Å². The number of rotatable bonds is 4. The maximum absolute atomic E-state index is 12.6. The highest BCUT2D eigenvalue weighted by Crippen LogP contribution is 2.26. The number of carbonyl (C=O) groups is 1. The van der Waals surface area contributed by atoms with Gasteiger partial charge < -0.3 is 5.32 Å². The lowest BCUT2D eigenvalue weighted by Crippen LogP contribution is -2.24. The van der Waals surface area contributed by atoms with Crippen molar-refractivity contribution in [3.63, 3.8) is 0 Å². The third-order valence-electron chi connectivity index (χ3n) is 4.75. The molecule has 0 spiro atoms. The molecule has 0 fully saturated rings. The van der Waals surface area contributed by atoms with Gasteiger partial charge in [0.1, 0.15) is 0 Å². The van der Waals surface area contributed by atoms with Crippen LogP contribution in [-0.2, 0) is 19.4 Å². The molecule has 0 atom stereocenters. The van der Waals surface area contributed by atoms with Crippen molar-refractivity contribution in [2.24, 2.45) is 0 Å². The molecule has 6 heteroatoms. The zero-order chi connectivity index (χ0) is 18.8. The first-order valence-corrected chi connectivity index (χ1v) is 10.1. The molecule has 0 aliphatic carbocycles. The summed E-state index contributed by atoms with van der Waals surface area (Å²) in [7, 11) is 0. The Hall–Kier alpha value is -2.21. The molecule has 138 valence electrons. The molecule has 0 bridgehead atoms. The van der Waals surface area contributed by atoms with Crippen LogP contribution in [0.15, 0.2) is 42.5 Å². The molecule has 1 aliphatic rings. The lowest BCUT2D eigenvalue weighted by molar-refractivity contribution is 0.102. The number of nitrogens with zero attached hydrogens (tertiary/aromatic N) is 1. The fourth-order valence-corrected chi connectivity index (χ4v) is 4.34. The summed E-state index contributed by atoms with van der Waals surface area (Å²) in [6, 6.07) is 13.7. The third kappa shape index (κ3) is 4.21. The van der Waals surface area contributed by atoms with E-state index in [0.29, 0.717) is 10.7 Å². The molecule has 0 unspecified atom stereocenters. The lowest BCUT2D eigenvalue weighted by Gasteiger charge is -2.17. The minimum absolute atomic E-state index is 0.108. The van der Waals surface area contributed by atoms with E-state index < -0.39 is 0 Å². The first-order valence-electron chi connectivity index (χ1n) is 8.93. The van der Waals surface area contributed by atoms with Crippen LogP contribution in [0, 0.1) is 6.92 Å². The van der Waals surface area contributed by atoms with Crippen LogP contribution in [-0.4, -0.2) is 17.4 Å². The van der Waals surface area contributed by atoms with Crippen molar-refractivity contribution >= 4 is 34.0 Å². The molecule has 1 amide bonds. The van der Waals surface area contributed by atoms with E-state index in [1.54, 1.807) is 0 Å². The minimum atomic E-state index is -0.108.